The Bertz CT molecular complexity index is 1450. The number of ether oxygens (including phenoxy) is 1. The third-order valence-corrected chi connectivity index (χ3v) is 6.00. The molecule has 178 valence electrons. The zero-order valence-corrected chi connectivity index (χ0v) is 20.3. The Morgan fingerprint density at radius 1 is 0.833 bits per heavy atom. The molecule has 5 rings (SSSR count). The van der Waals surface area contributed by atoms with Crippen molar-refractivity contribution in [2.75, 3.05) is 6.61 Å². The van der Waals surface area contributed by atoms with Crippen molar-refractivity contribution >= 4 is 35.2 Å². The average Bonchev–Trinajstić information content (AvgIpc) is 3.27. The lowest BCUT2D eigenvalue weighted by molar-refractivity contribution is -0.123. The van der Waals surface area contributed by atoms with Gasteiger partial charge in [-0.2, -0.15) is 0 Å². The number of carbonyl (C=O) groups excluding carboxylic acids is 2. The number of amides is 2. The number of nitrogens with one attached hydrogen (secondary N) is 2. The molecule has 0 saturated carbocycles. The van der Waals surface area contributed by atoms with E-state index in [1.807, 2.05) is 97.9 Å². The van der Waals surface area contributed by atoms with Gasteiger partial charge in [0.05, 0.1) is 18.0 Å². The fraction of sp³-hybridized carbons (Fsp3) is 0.0690. The number of rotatable bonds is 6. The maximum atomic E-state index is 12.6. The van der Waals surface area contributed by atoms with E-state index in [9.17, 15) is 9.59 Å². The quantitative estimate of drug-likeness (QED) is 0.222. The zero-order valence-electron chi connectivity index (χ0n) is 19.5. The van der Waals surface area contributed by atoms with Gasteiger partial charge in [-0.3, -0.25) is 20.2 Å². The van der Waals surface area contributed by atoms with Crippen molar-refractivity contribution in [1.82, 2.24) is 15.2 Å². The normalized spacial score (nSPS) is 13.2. The summed E-state index contributed by atoms with van der Waals surface area (Å²) in [6, 6.07) is 29.7. The van der Waals surface area contributed by atoms with Gasteiger partial charge in [-0.25, -0.2) is 0 Å². The molecule has 0 spiro atoms. The Morgan fingerprint density at radius 3 is 2.00 bits per heavy atom. The topological polar surface area (TPSA) is 72.4 Å². The fourth-order valence-corrected chi connectivity index (χ4v) is 4.43. The molecule has 3 aromatic carbocycles. The van der Waals surface area contributed by atoms with E-state index >= 15 is 0 Å². The summed E-state index contributed by atoms with van der Waals surface area (Å²) in [6.07, 6.45) is 1.62. The summed E-state index contributed by atoms with van der Waals surface area (Å²) >= 11 is 4.96. The molecule has 4 aromatic rings. The molecular formula is C29H23N3O3S. The van der Waals surface area contributed by atoms with Gasteiger partial charge in [-0.1, -0.05) is 60.7 Å². The minimum atomic E-state index is -0.530. The van der Waals surface area contributed by atoms with Crippen molar-refractivity contribution in [3.8, 4) is 34.0 Å². The first-order chi connectivity index (χ1) is 17.5. The first kappa shape index (κ1) is 23.3. The van der Waals surface area contributed by atoms with Crippen molar-refractivity contribution in [2.45, 2.75) is 6.92 Å². The molecule has 0 radical (unpaired) electrons. The zero-order chi connectivity index (χ0) is 25.1. The van der Waals surface area contributed by atoms with Gasteiger partial charge in [0.15, 0.2) is 5.11 Å². The van der Waals surface area contributed by atoms with Gasteiger partial charge in [-0.05, 0) is 66.7 Å². The van der Waals surface area contributed by atoms with Gasteiger partial charge in [0.25, 0.3) is 11.8 Å². The first-order valence-corrected chi connectivity index (χ1v) is 11.9. The summed E-state index contributed by atoms with van der Waals surface area (Å²) in [7, 11) is 0. The van der Waals surface area contributed by atoms with E-state index in [4.69, 9.17) is 17.0 Å². The average molecular weight is 494 g/mol. The van der Waals surface area contributed by atoms with E-state index in [2.05, 4.69) is 15.2 Å². The van der Waals surface area contributed by atoms with Crippen LogP contribution in [0.4, 0.5) is 0 Å². The predicted molar refractivity (Wildman–Crippen MR) is 145 cm³/mol. The van der Waals surface area contributed by atoms with Crippen LogP contribution in [0.3, 0.4) is 0 Å². The van der Waals surface area contributed by atoms with Gasteiger partial charge in [0, 0.05) is 11.3 Å². The van der Waals surface area contributed by atoms with E-state index in [0.717, 1.165) is 39.5 Å². The van der Waals surface area contributed by atoms with Gasteiger partial charge in [-0.15, -0.1) is 0 Å². The second-order valence-corrected chi connectivity index (χ2v) is 8.53. The summed E-state index contributed by atoms with van der Waals surface area (Å²) in [5.74, 6) is -0.277. The summed E-state index contributed by atoms with van der Waals surface area (Å²) in [5, 5.41) is 5.03. The van der Waals surface area contributed by atoms with Crippen LogP contribution in [-0.4, -0.2) is 28.1 Å². The first-order valence-electron chi connectivity index (χ1n) is 11.5. The molecule has 1 aliphatic rings. The number of benzene rings is 3. The van der Waals surface area contributed by atoms with Crippen LogP contribution in [0, 0.1) is 0 Å². The highest BCUT2D eigenvalue weighted by Crippen LogP contribution is 2.37. The Balaban J connectivity index is 1.79. The molecule has 0 aliphatic carbocycles. The van der Waals surface area contributed by atoms with Crippen LogP contribution in [0.25, 0.3) is 34.3 Å². The van der Waals surface area contributed by atoms with Gasteiger partial charge in [0.1, 0.15) is 11.3 Å². The van der Waals surface area contributed by atoms with Gasteiger partial charge >= 0.3 is 0 Å². The number of hydrogen-bond donors (Lipinski definition) is 2. The van der Waals surface area contributed by atoms with E-state index in [0.29, 0.717) is 6.61 Å². The summed E-state index contributed by atoms with van der Waals surface area (Å²) < 4.78 is 7.78. The van der Waals surface area contributed by atoms with Crippen LogP contribution < -0.4 is 15.4 Å². The molecule has 1 saturated heterocycles. The molecule has 0 bridgehead atoms. The number of hydrogen-bond acceptors (Lipinski definition) is 4. The number of nitrogens with zero attached hydrogens (tertiary/aromatic N) is 1. The number of carbonyl (C=O) groups is 2. The molecule has 7 heteroatoms. The highest BCUT2D eigenvalue weighted by Gasteiger charge is 2.27. The van der Waals surface area contributed by atoms with Crippen LogP contribution in [0.5, 0.6) is 5.75 Å². The molecule has 2 heterocycles. The van der Waals surface area contributed by atoms with Crippen LogP contribution in [0.15, 0.2) is 96.6 Å². The molecule has 2 amide bonds. The second-order valence-electron chi connectivity index (χ2n) is 8.12. The molecule has 36 heavy (non-hydrogen) atoms. The van der Waals surface area contributed by atoms with E-state index < -0.39 is 11.8 Å². The molecule has 2 N–H and O–H groups in total. The SMILES string of the molecule is CCOc1ccc(-n2c(-c3ccccc3)cc(C=C3C(=O)NC(=S)NC3=O)c2-c2ccccc2)cc1. The maximum Gasteiger partial charge on any atom is 0.263 e. The highest BCUT2D eigenvalue weighted by atomic mass is 32.1. The molecule has 1 aliphatic heterocycles. The third kappa shape index (κ3) is 4.56. The number of thiocarbonyl (C=S) groups is 1. The Hall–Kier alpha value is -4.49. The van der Waals surface area contributed by atoms with Crippen molar-refractivity contribution in [3.05, 3.63) is 102 Å². The molecule has 6 nitrogen and oxygen atoms in total. The molecule has 1 fully saturated rings. The fourth-order valence-electron chi connectivity index (χ4n) is 4.24. The molecule has 0 atom stereocenters. The predicted octanol–water partition coefficient (Wildman–Crippen LogP) is 5.12. The van der Waals surface area contributed by atoms with Crippen LogP contribution in [0.1, 0.15) is 12.5 Å². The van der Waals surface area contributed by atoms with Crippen molar-refractivity contribution in [2.24, 2.45) is 0 Å². The van der Waals surface area contributed by atoms with E-state index in [-0.39, 0.29) is 10.7 Å². The van der Waals surface area contributed by atoms with Crippen LogP contribution in [0.2, 0.25) is 0 Å². The van der Waals surface area contributed by atoms with E-state index in [1.165, 1.54) is 0 Å². The van der Waals surface area contributed by atoms with Gasteiger partial charge in [0.2, 0.25) is 0 Å². The Kier molecular flexibility index (Phi) is 6.47. The van der Waals surface area contributed by atoms with Crippen LogP contribution >= 0.6 is 12.2 Å². The second kappa shape index (κ2) is 10.0. The molecular weight excluding hydrogens is 470 g/mol. The molecule has 0 unspecified atom stereocenters. The van der Waals surface area contributed by atoms with Gasteiger partial charge < -0.3 is 9.30 Å². The minimum absolute atomic E-state index is 0.00219. The summed E-state index contributed by atoms with van der Waals surface area (Å²) in [4.78, 5) is 25.3. The van der Waals surface area contributed by atoms with E-state index in [1.54, 1.807) is 6.08 Å². The standard InChI is InChI=1S/C29H23N3O3S/c1-2-35-23-15-13-22(14-16-23)32-25(19-9-5-3-6-10-19)18-21(26(32)20-11-7-4-8-12-20)17-24-27(33)30-29(36)31-28(24)34/h3-18H,2H2,1H3,(H2,30,31,33,34,36). The Morgan fingerprint density at radius 2 is 1.42 bits per heavy atom. The van der Waals surface area contributed by atoms with Crippen molar-refractivity contribution < 1.29 is 14.3 Å². The minimum Gasteiger partial charge on any atom is -0.494 e. The maximum absolute atomic E-state index is 12.6. The molecule has 1 aromatic heterocycles. The lowest BCUT2D eigenvalue weighted by atomic mass is 10.0. The monoisotopic (exact) mass is 493 g/mol. The van der Waals surface area contributed by atoms with Crippen molar-refractivity contribution in [1.29, 1.82) is 0 Å². The van der Waals surface area contributed by atoms with Crippen molar-refractivity contribution in [3.63, 3.8) is 0 Å². The summed E-state index contributed by atoms with van der Waals surface area (Å²) in [5.41, 5.74) is 5.32. The largest absolute Gasteiger partial charge is 0.494 e. The van der Waals surface area contributed by atoms with Crippen LogP contribution in [-0.2, 0) is 9.59 Å². The third-order valence-electron chi connectivity index (χ3n) is 5.80. The summed E-state index contributed by atoms with van der Waals surface area (Å²) in [6.45, 7) is 2.53. The number of aromatic nitrogens is 1. The smallest absolute Gasteiger partial charge is 0.263 e. The lowest BCUT2D eigenvalue weighted by Crippen LogP contribution is -2.51. The lowest BCUT2D eigenvalue weighted by Gasteiger charge is -2.17. The highest BCUT2D eigenvalue weighted by molar-refractivity contribution is 7.80. The Labute approximate surface area is 214 Å².